The Morgan fingerprint density at radius 3 is 2.86 bits per heavy atom. The van der Waals surface area contributed by atoms with Gasteiger partial charge in [-0.1, -0.05) is 23.4 Å². The van der Waals surface area contributed by atoms with E-state index in [-0.39, 0.29) is 11.9 Å². The third kappa shape index (κ3) is 2.90. The van der Waals surface area contributed by atoms with E-state index < -0.39 is 0 Å². The lowest BCUT2D eigenvalue weighted by Gasteiger charge is -2.23. The molecule has 6 heteroatoms. The highest BCUT2D eigenvalue weighted by molar-refractivity contribution is 6.02. The van der Waals surface area contributed by atoms with Crippen molar-refractivity contribution >= 4 is 16.7 Å². The minimum absolute atomic E-state index is 0.00434. The van der Waals surface area contributed by atoms with Crippen LogP contribution in [0.25, 0.3) is 10.9 Å². The molecule has 6 nitrogen and oxygen atoms in total. The van der Waals surface area contributed by atoms with Crippen molar-refractivity contribution in [2.75, 3.05) is 13.2 Å². The Morgan fingerprint density at radius 1 is 1.33 bits per heavy atom. The van der Waals surface area contributed by atoms with E-state index in [0.717, 1.165) is 23.7 Å². The molecular formula is C15H17N3O3. The minimum atomic E-state index is -0.00434. The van der Waals surface area contributed by atoms with Crippen molar-refractivity contribution in [2.24, 2.45) is 10.9 Å². The summed E-state index contributed by atoms with van der Waals surface area (Å²) in [5, 5.41) is 12.9. The zero-order valence-electron chi connectivity index (χ0n) is 11.5. The highest BCUT2D eigenvalue weighted by Crippen LogP contribution is 2.25. The minimum Gasteiger partial charge on any atom is -0.474 e. The quantitative estimate of drug-likeness (QED) is 0.389. The standard InChI is InChI=1S/C15H17N3O3/c16-14(18-19)12-9-10-3-1-2-4-13(10)17-15(12)21-11-5-7-20-8-6-11/h1-4,9,11,19H,5-8H2,(H2,16,18). The van der Waals surface area contributed by atoms with Crippen molar-refractivity contribution in [3.05, 3.63) is 35.9 Å². The first-order valence-corrected chi connectivity index (χ1v) is 6.90. The topological polar surface area (TPSA) is 90.0 Å². The molecule has 2 aromatic rings. The van der Waals surface area contributed by atoms with Gasteiger partial charge in [-0.25, -0.2) is 4.98 Å². The van der Waals surface area contributed by atoms with Crippen molar-refractivity contribution in [1.29, 1.82) is 0 Å². The molecule has 1 fully saturated rings. The van der Waals surface area contributed by atoms with Crippen LogP contribution in [0.2, 0.25) is 0 Å². The van der Waals surface area contributed by atoms with Gasteiger partial charge in [-0.2, -0.15) is 0 Å². The zero-order chi connectivity index (χ0) is 14.7. The number of benzene rings is 1. The SMILES string of the molecule is NC(=NO)c1cc2ccccc2nc1OC1CCOCC1. The summed E-state index contributed by atoms with van der Waals surface area (Å²) < 4.78 is 11.3. The highest BCUT2D eigenvalue weighted by Gasteiger charge is 2.19. The van der Waals surface area contributed by atoms with Gasteiger partial charge in [-0.15, -0.1) is 0 Å². The van der Waals surface area contributed by atoms with Crippen LogP contribution in [-0.4, -0.2) is 35.3 Å². The van der Waals surface area contributed by atoms with E-state index in [1.54, 1.807) is 0 Å². The summed E-state index contributed by atoms with van der Waals surface area (Å²) in [6.45, 7) is 1.36. The van der Waals surface area contributed by atoms with Gasteiger partial charge in [0.25, 0.3) is 0 Å². The Kier molecular flexibility index (Phi) is 3.87. The van der Waals surface area contributed by atoms with Crippen molar-refractivity contribution in [2.45, 2.75) is 18.9 Å². The Labute approximate surface area is 122 Å². The maximum Gasteiger partial charge on any atom is 0.225 e. The van der Waals surface area contributed by atoms with E-state index in [4.69, 9.17) is 20.4 Å². The first-order valence-electron chi connectivity index (χ1n) is 6.90. The van der Waals surface area contributed by atoms with Crippen LogP contribution in [0.3, 0.4) is 0 Å². The molecule has 0 unspecified atom stereocenters. The van der Waals surface area contributed by atoms with Crippen molar-refractivity contribution in [3.63, 3.8) is 0 Å². The molecule has 1 aromatic heterocycles. The van der Waals surface area contributed by atoms with Crippen molar-refractivity contribution in [1.82, 2.24) is 4.98 Å². The van der Waals surface area contributed by atoms with Gasteiger partial charge in [0, 0.05) is 18.2 Å². The lowest BCUT2D eigenvalue weighted by atomic mass is 10.1. The summed E-state index contributed by atoms with van der Waals surface area (Å²) in [7, 11) is 0. The third-order valence-corrected chi connectivity index (χ3v) is 3.52. The Hall–Kier alpha value is -2.34. The number of para-hydroxylation sites is 1. The van der Waals surface area contributed by atoms with Crippen LogP contribution in [0, 0.1) is 0 Å². The van der Waals surface area contributed by atoms with Gasteiger partial charge in [-0.05, 0) is 12.1 Å². The monoisotopic (exact) mass is 287 g/mol. The summed E-state index contributed by atoms with van der Waals surface area (Å²) in [6, 6.07) is 9.48. The number of hydrogen-bond acceptors (Lipinski definition) is 5. The van der Waals surface area contributed by atoms with Crippen LogP contribution in [0.1, 0.15) is 18.4 Å². The number of nitrogens with two attached hydrogens (primary N) is 1. The fourth-order valence-electron chi connectivity index (χ4n) is 2.38. The summed E-state index contributed by atoms with van der Waals surface area (Å²) in [5.74, 6) is 0.395. The number of fused-ring (bicyclic) bond motifs is 1. The van der Waals surface area contributed by atoms with Gasteiger partial charge in [0.05, 0.1) is 24.3 Å². The Morgan fingerprint density at radius 2 is 2.10 bits per heavy atom. The van der Waals surface area contributed by atoms with Crippen LogP contribution in [0.5, 0.6) is 5.88 Å². The summed E-state index contributed by atoms with van der Waals surface area (Å²) in [5.41, 5.74) is 7.06. The Bertz CT molecular complexity index is 666. The molecule has 0 spiro atoms. The van der Waals surface area contributed by atoms with Crippen molar-refractivity contribution < 1.29 is 14.7 Å². The summed E-state index contributed by atoms with van der Waals surface area (Å²) >= 11 is 0. The molecule has 0 atom stereocenters. The first-order chi connectivity index (χ1) is 10.3. The molecule has 0 aliphatic carbocycles. The number of rotatable bonds is 3. The number of amidine groups is 1. The molecule has 1 aromatic carbocycles. The molecule has 1 aliphatic heterocycles. The molecule has 0 bridgehead atoms. The first kappa shape index (κ1) is 13.6. The lowest BCUT2D eigenvalue weighted by Crippen LogP contribution is -2.27. The smallest absolute Gasteiger partial charge is 0.225 e. The molecule has 2 heterocycles. The van der Waals surface area contributed by atoms with Gasteiger partial charge < -0.3 is 20.4 Å². The zero-order valence-corrected chi connectivity index (χ0v) is 11.5. The Balaban J connectivity index is 2.01. The molecule has 0 saturated carbocycles. The lowest BCUT2D eigenvalue weighted by molar-refractivity contribution is 0.0238. The number of nitrogens with zero attached hydrogens (tertiary/aromatic N) is 2. The largest absolute Gasteiger partial charge is 0.474 e. The second-order valence-corrected chi connectivity index (χ2v) is 4.95. The van der Waals surface area contributed by atoms with E-state index in [2.05, 4.69) is 10.1 Å². The maximum absolute atomic E-state index is 8.95. The average molecular weight is 287 g/mol. The molecule has 1 aliphatic rings. The normalized spacial score (nSPS) is 17.0. The molecule has 0 amide bonds. The van der Waals surface area contributed by atoms with Gasteiger partial charge in [0.2, 0.25) is 5.88 Å². The molecule has 3 rings (SSSR count). The van der Waals surface area contributed by atoms with Gasteiger partial charge in [0.1, 0.15) is 6.10 Å². The molecule has 0 radical (unpaired) electrons. The number of ether oxygens (including phenoxy) is 2. The van der Waals surface area contributed by atoms with Crippen molar-refractivity contribution in [3.8, 4) is 5.88 Å². The third-order valence-electron chi connectivity index (χ3n) is 3.52. The van der Waals surface area contributed by atoms with E-state index in [0.29, 0.717) is 24.7 Å². The van der Waals surface area contributed by atoms with E-state index >= 15 is 0 Å². The molecule has 1 saturated heterocycles. The fraction of sp³-hybridized carbons (Fsp3) is 0.333. The summed E-state index contributed by atoms with van der Waals surface area (Å²) in [4.78, 5) is 4.50. The van der Waals surface area contributed by atoms with Gasteiger partial charge >= 0.3 is 0 Å². The van der Waals surface area contributed by atoms with E-state index in [9.17, 15) is 0 Å². The fourth-order valence-corrected chi connectivity index (χ4v) is 2.38. The number of hydrogen-bond donors (Lipinski definition) is 2. The number of oxime groups is 1. The number of aromatic nitrogens is 1. The van der Waals surface area contributed by atoms with E-state index in [1.165, 1.54) is 0 Å². The molecule has 110 valence electrons. The van der Waals surface area contributed by atoms with Crippen LogP contribution in [-0.2, 0) is 4.74 Å². The molecule has 21 heavy (non-hydrogen) atoms. The number of pyridine rings is 1. The molecular weight excluding hydrogens is 270 g/mol. The second kappa shape index (κ2) is 5.97. The maximum atomic E-state index is 8.95. The second-order valence-electron chi connectivity index (χ2n) is 4.95. The van der Waals surface area contributed by atoms with Crippen LogP contribution in [0.15, 0.2) is 35.5 Å². The average Bonchev–Trinajstić information content (AvgIpc) is 2.54. The summed E-state index contributed by atoms with van der Waals surface area (Å²) in [6.07, 6.45) is 1.66. The van der Waals surface area contributed by atoms with Crippen LogP contribution < -0.4 is 10.5 Å². The van der Waals surface area contributed by atoms with Gasteiger partial charge in [-0.3, -0.25) is 0 Å². The van der Waals surface area contributed by atoms with Crippen LogP contribution >= 0.6 is 0 Å². The van der Waals surface area contributed by atoms with Crippen LogP contribution in [0.4, 0.5) is 0 Å². The predicted octanol–water partition coefficient (Wildman–Crippen LogP) is 1.89. The highest BCUT2D eigenvalue weighted by atomic mass is 16.5. The van der Waals surface area contributed by atoms with Gasteiger partial charge in [0.15, 0.2) is 5.84 Å². The molecule has 3 N–H and O–H groups in total. The predicted molar refractivity (Wildman–Crippen MR) is 78.7 cm³/mol. The van der Waals surface area contributed by atoms with E-state index in [1.807, 2.05) is 30.3 Å².